The standard InChI is InChI=1S/C12H13FN4/c1-8-3-4-9(5-10(8)13)17-12-6-11(14-2)15-7-16-12/h3-7H,1-2H3,(H2,14,15,16,17). The summed E-state index contributed by atoms with van der Waals surface area (Å²) in [5, 5.41) is 5.92. The number of nitrogens with one attached hydrogen (secondary N) is 2. The molecule has 0 radical (unpaired) electrons. The Kier molecular flexibility index (Phi) is 3.18. The smallest absolute Gasteiger partial charge is 0.135 e. The van der Waals surface area contributed by atoms with Crippen LogP contribution in [0.1, 0.15) is 5.56 Å². The zero-order valence-corrected chi connectivity index (χ0v) is 9.66. The summed E-state index contributed by atoms with van der Waals surface area (Å²) in [4.78, 5) is 8.04. The lowest BCUT2D eigenvalue weighted by molar-refractivity contribution is 0.619. The van der Waals surface area contributed by atoms with Gasteiger partial charge in [0.2, 0.25) is 0 Å². The van der Waals surface area contributed by atoms with E-state index in [2.05, 4.69) is 20.6 Å². The van der Waals surface area contributed by atoms with Crippen molar-refractivity contribution in [1.82, 2.24) is 9.97 Å². The molecule has 0 aliphatic rings. The number of nitrogens with zero attached hydrogens (tertiary/aromatic N) is 2. The molecule has 5 heteroatoms. The molecular formula is C12H13FN4. The van der Waals surface area contributed by atoms with Crippen LogP contribution in [0.15, 0.2) is 30.6 Å². The van der Waals surface area contributed by atoms with Crippen molar-refractivity contribution in [2.24, 2.45) is 0 Å². The molecule has 2 rings (SSSR count). The van der Waals surface area contributed by atoms with E-state index in [-0.39, 0.29) is 5.82 Å². The molecule has 0 amide bonds. The molecule has 0 aliphatic carbocycles. The highest BCUT2D eigenvalue weighted by Crippen LogP contribution is 2.18. The van der Waals surface area contributed by atoms with Gasteiger partial charge in [-0.2, -0.15) is 0 Å². The van der Waals surface area contributed by atoms with Crippen LogP contribution in [0.25, 0.3) is 0 Å². The van der Waals surface area contributed by atoms with Crippen molar-refractivity contribution < 1.29 is 4.39 Å². The summed E-state index contributed by atoms with van der Waals surface area (Å²) in [6.45, 7) is 1.73. The molecule has 0 aliphatic heterocycles. The van der Waals surface area contributed by atoms with Crippen LogP contribution in [-0.4, -0.2) is 17.0 Å². The van der Waals surface area contributed by atoms with Crippen molar-refractivity contribution in [2.45, 2.75) is 6.92 Å². The fraction of sp³-hybridized carbons (Fsp3) is 0.167. The van der Waals surface area contributed by atoms with E-state index in [1.807, 2.05) is 0 Å². The maximum atomic E-state index is 13.3. The molecule has 1 aromatic heterocycles. The highest BCUT2D eigenvalue weighted by atomic mass is 19.1. The lowest BCUT2D eigenvalue weighted by Crippen LogP contribution is -1.98. The van der Waals surface area contributed by atoms with Crippen LogP contribution in [0, 0.1) is 12.7 Å². The first kappa shape index (κ1) is 11.3. The van der Waals surface area contributed by atoms with Gasteiger partial charge in [0, 0.05) is 18.8 Å². The van der Waals surface area contributed by atoms with Crippen LogP contribution >= 0.6 is 0 Å². The van der Waals surface area contributed by atoms with Crippen LogP contribution in [0.4, 0.5) is 21.7 Å². The molecule has 0 fully saturated rings. The number of hydrogen-bond acceptors (Lipinski definition) is 4. The third kappa shape index (κ3) is 2.69. The molecule has 0 atom stereocenters. The van der Waals surface area contributed by atoms with E-state index in [1.54, 1.807) is 32.2 Å². The summed E-state index contributed by atoms with van der Waals surface area (Å²) < 4.78 is 13.3. The third-order valence-electron chi connectivity index (χ3n) is 2.37. The minimum Gasteiger partial charge on any atom is -0.373 e. The number of anilines is 3. The average Bonchev–Trinajstić information content (AvgIpc) is 2.34. The Labute approximate surface area is 98.9 Å². The molecule has 2 N–H and O–H groups in total. The summed E-state index contributed by atoms with van der Waals surface area (Å²) in [7, 11) is 1.78. The first-order valence-electron chi connectivity index (χ1n) is 5.22. The number of aromatic nitrogens is 2. The fourth-order valence-corrected chi connectivity index (χ4v) is 1.38. The van der Waals surface area contributed by atoms with E-state index in [9.17, 15) is 4.39 Å². The largest absolute Gasteiger partial charge is 0.373 e. The quantitative estimate of drug-likeness (QED) is 0.854. The Morgan fingerprint density at radius 1 is 1.12 bits per heavy atom. The van der Waals surface area contributed by atoms with Gasteiger partial charge in [0.1, 0.15) is 23.8 Å². The molecule has 1 heterocycles. The maximum Gasteiger partial charge on any atom is 0.135 e. The fourth-order valence-electron chi connectivity index (χ4n) is 1.38. The predicted molar refractivity (Wildman–Crippen MR) is 66.0 cm³/mol. The lowest BCUT2D eigenvalue weighted by atomic mass is 10.2. The lowest BCUT2D eigenvalue weighted by Gasteiger charge is -2.07. The Hall–Kier alpha value is -2.17. The second-order valence-corrected chi connectivity index (χ2v) is 3.63. The van der Waals surface area contributed by atoms with Gasteiger partial charge in [-0.1, -0.05) is 6.07 Å². The zero-order chi connectivity index (χ0) is 12.3. The van der Waals surface area contributed by atoms with Crippen molar-refractivity contribution in [3.63, 3.8) is 0 Å². The topological polar surface area (TPSA) is 49.8 Å². The molecule has 1 aromatic carbocycles. The summed E-state index contributed by atoms with van der Waals surface area (Å²) in [5.41, 5.74) is 1.28. The molecule has 4 nitrogen and oxygen atoms in total. The molecule has 17 heavy (non-hydrogen) atoms. The minimum atomic E-state index is -0.238. The van der Waals surface area contributed by atoms with Crippen LogP contribution in [0.5, 0.6) is 0 Å². The molecule has 0 unspecified atom stereocenters. The number of rotatable bonds is 3. The second kappa shape index (κ2) is 4.78. The first-order valence-corrected chi connectivity index (χ1v) is 5.22. The van der Waals surface area contributed by atoms with E-state index in [0.717, 1.165) is 0 Å². The zero-order valence-electron chi connectivity index (χ0n) is 9.66. The van der Waals surface area contributed by atoms with Crippen molar-refractivity contribution in [3.05, 3.63) is 42.0 Å². The second-order valence-electron chi connectivity index (χ2n) is 3.63. The highest BCUT2D eigenvalue weighted by Gasteiger charge is 2.01. The van der Waals surface area contributed by atoms with E-state index in [1.165, 1.54) is 12.4 Å². The third-order valence-corrected chi connectivity index (χ3v) is 2.37. The van der Waals surface area contributed by atoms with Crippen LogP contribution in [-0.2, 0) is 0 Å². The van der Waals surface area contributed by atoms with Gasteiger partial charge in [0.15, 0.2) is 0 Å². The van der Waals surface area contributed by atoms with E-state index < -0.39 is 0 Å². The van der Waals surface area contributed by atoms with Gasteiger partial charge in [0.05, 0.1) is 0 Å². The number of aryl methyl sites for hydroxylation is 1. The number of benzene rings is 1. The Morgan fingerprint density at radius 3 is 2.59 bits per heavy atom. The molecular weight excluding hydrogens is 219 g/mol. The van der Waals surface area contributed by atoms with Crippen molar-refractivity contribution >= 4 is 17.3 Å². The Bertz CT molecular complexity index is 528. The highest BCUT2D eigenvalue weighted by molar-refractivity contribution is 5.59. The van der Waals surface area contributed by atoms with Gasteiger partial charge < -0.3 is 10.6 Å². The summed E-state index contributed by atoms with van der Waals surface area (Å²) in [6.07, 6.45) is 1.44. The van der Waals surface area contributed by atoms with Gasteiger partial charge in [-0.05, 0) is 24.6 Å². The molecule has 0 spiro atoms. The van der Waals surface area contributed by atoms with Gasteiger partial charge in [-0.25, -0.2) is 14.4 Å². The van der Waals surface area contributed by atoms with Crippen molar-refractivity contribution in [3.8, 4) is 0 Å². The molecule has 0 saturated heterocycles. The van der Waals surface area contributed by atoms with Gasteiger partial charge in [0.25, 0.3) is 0 Å². The number of hydrogen-bond donors (Lipinski definition) is 2. The van der Waals surface area contributed by atoms with Crippen molar-refractivity contribution in [2.75, 3.05) is 17.7 Å². The van der Waals surface area contributed by atoms with Gasteiger partial charge >= 0.3 is 0 Å². The summed E-state index contributed by atoms with van der Waals surface area (Å²) in [5.74, 6) is 1.08. The van der Waals surface area contributed by atoms with E-state index in [4.69, 9.17) is 0 Å². The maximum absolute atomic E-state index is 13.3. The Balaban J connectivity index is 2.22. The first-order chi connectivity index (χ1) is 8.19. The monoisotopic (exact) mass is 232 g/mol. The van der Waals surface area contributed by atoms with Crippen LogP contribution < -0.4 is 10.6 Å². The van der Waals surface area contributed by atoms with E-state index >= 15 is 0 Å². The summed E-state index contributed by atoms with van der Waals surface area (Å²) >= 11 is 0. The predicted octanol–water partition coefficient (Wildman–Crippen LogP) is 2.71. The van der Waals surface area contributed by atoms with E-state index in [0.29, 0.717) is 22.9 Å². The Morgan fingerprint density at radius 2 is 1.88 bits per heavy atom. The van der Waals surface area contributed by atoms with Crippen molar-refractivity contribution in [1.29, 1.82) is 0 Å². The molecule has 88 valence electrons. The normalized spacial score (nSPS) is 10.1. The SMILES string of the molecule is CNc1cc(Nc2ccc(C)c(F)c2)ncn1. The summed E-state index contributed by atoms with van der Waals surface area (Å²) in [6, 6.07) is 6.71. The number of halogens is 1. The van der Waals surface area contributed by atoms with Crippen LogP contribution in [0.3, 0.4) is 0 Å². The molecule has 0 saturated carbocycles. The van der Waals surface area contributed by atoms with Gasteiger partial charge in [-0.15, -0.1) is 0 Å². The average molecular weight is 232 g/mol. The van der Waals surface area contributed by atoms with Crippen LogP contribution in [0.2, 0.25) is 0 Å². The van der Waals surface area contributed by atoms with Gasteiger partial charge in [-0.3, -0.25) is 0 Å². The molecule has 2 aromatic rings. The molecule has 0 bridgehead atoms. The minimum absolute atomic E-state index is 0.238.